The summed E-state index contributed by atoms with van der Waals surface area (Å²) in [6.07, 6.45) is 1.96. The van der Waals surface area contributed by atoms with E-state index in [0.717, 1.165) is 22.2 Å². The molecule has 1 aromatic heterocycles. The summed E-state index contributed by atoms with van der Waals surface area (Å²) >= 11 is 0. The molecule has 2 N–H and O–H groups in total. The van der Waals surface area contributed by atoms with Crippen molar-refractivity contribution < 1.29 is 4.74 Å². The Hall–Kier alpha value is -1.55. The van der Waals surface area contributed by atoms with Gasteiger partial charge in [0.1, 0.15) is 5.75 Å². The van der Waals surface area contributed by atoms with Crippen molar-refractivity contribution in [2.45, 2.75) is 6.54 Å². The van der Waals surface area contributed by atoms with Gasteiger partial charge in [0.25, 0.3) is 0 Å². The fourth-order valence-corrected chi connectivity index (χ4v) is 1.57. The van der Waals surface area contributed by atoms with Crippen LogP contribution in [0.15, 0.2) is 18.3 Å². The fourth-order valence-electron chi connectivity index (χ4n) is 1.57. The molecule has 0 unspecified atom stereocenters. The van der Waals surface area contributed by atoms with E-state index in [1.54, 1.807) is 11.8 Å². The second-order valence-electron chi connectivity index (χ2n) is 3.23. The minimum Gasteiger partial charge on any atom is -0.496 e. The highest BCUT2D eigenvalue weighted by Crippen LogP contribution is 2.24. The molecule has 2 aromatic rings. The van der Waals surface area contributed by atoms with Gasteiger partial charge >= 0.3 is 0 Å². The Balaban J connectivity index is 2.68. The zero-order valence-electron chi connectivity index (χ0n) is 8.32. The molecule has 2 rings (SSSR count). The molecule has 14 heavy (non-hydrogen) atoms. The Morgan fingerprint density at radius 1 is 1.50 bits per heavy atom. The summed E-state index contributed by atoms with van der Waals surface area (Å²) in [6, 6.07) is 3.93. The molecule has 0 spiro atoms. The second-order valence-corrected chi connectivity index (χ2v) is 3.23. The predicted molar refractivity (Wildman–Crippen MR) is 55.2 cm³/mol. The van der Waals surface area contributed by atoms with E-state index >= 15 is 0 Å². The average molecular weight is 191 g/mol. The number of hydrogen-bond donors (Lipinski definition) is 1. The molecule has 0 bridgehead atoms. The molecule has 0 saturated carbocycles. The van der Waals surface area contributed by atoms with Gasteiger partial charge in [-0.2, -0.15) is 5.10 Å². The van der Waals surface area contributed by atoms with Gasteiger partial charge in [-0.15, -0.1) is 0 Å². The number of methoxy groups -OCH3 is 1. The van der Waals surface area contributed by atoms with Crippen molar-refractivity contribution in [1.29, 1.82) is 0 Å². The fraction of sp³-hybridized carbons (Fsp3) is 0.300. The van der Waals surface area contributed by atoms with Crippen molar-refractivity contribution in [3.63, 3.8) is 0 Å². The molecule has 0 saturated heterocycles. The smallest absolute Gasteiger partial charge is 0.124 e. The minimum absolute atomic E-state index is 0.468. The van der Waals surface area contributed by atoms with Gasteiger partial charge in [-0.1, -0.05) is 0 Å². The summed E-state index contributed by atoms with van der Waals surface area (Å²) < 4.78 is 7.02. The molecular formula is C10H13N3O. The summed E-state index contributed by atoms with van der Waals surface area (Å²) in [6.45, 7) is 0.468. The van der Waals surface area contributed by atoms with Crippen molar-refractivity contribution in [2.75, 3.05) is 7.11 Å². The lowest BCUT2D eigenvalue weighted by atomic mass is 10.1. The van der Waals surface area contributed by atoms with Gasteiger partial charge < -0.3 is 10.5 Å². The number of aryl methyl sites for hydroxylation is 1. The first-order valence-electron chi connectivity index (χ1n) is 4.45. The summed E-state index contributed by atoms with van der Waals surface area (Å²) in [5.74, 6) is 0.827. The van der Waals surface area contributed by atoms with Crippen molar-refractivity contribution in [3.8, 4) is 5.75 Å². The Morgan fingerprint density at radius 2 is 2.29 bits per heavy atom. The number of nitrogens with zero attached hydrogens (tertiary/aromatic N) is 2. The van der Waals surface area contributed by atoms with Gasteiger partial charge in [0.15, 0.2) is 0 Å². The van der Waals surface area contributed by atoms with Gasteiger partial charge in [-0.3, -0.25) is 4.68 Å². The maximum absolute atomic E-state index is 5.61. The van der Waals surface area contributed by atoms with E-state index in [0.29, 0.717) is 6.54 Å². The van der Waals surface area contributed by atoms with Crippen LogP contribution in [0.3, 0.4) is 0 Å². The van der Waals surface area contributed by atoms with Gasteiger partial charge in [0.05, 0.1) is 12.6 Å². The molecule has 0 aliphatic rings. The molecular weight excluding hydrogens is 178 g/mol. The maximum Gasteiger partial charge on any atom is 0.124 e. The van der Waals surface area contributed by atoms with Crippen molar-refractivity contribution in [3.05, 3.63) is 23.9 Å². The minimum atomic E-state index is 0.468. The Morgan fingerprint density at radius 3 is 2.93 bits per heavy atom. The lowest BCUT2D eigenvalue weighted by Crippen LogP contribution is -1.99. The molecule has 0 aliphatic carbocycles. The largest absolute Gasteiger partial charge is 0.496 e. The molecule has 1 aromatic carbocycles. The number of benzene rings is 1. The van der Waals surface area contributed by atoms with Crippen LogP contribution in [0, 0.1) is 0 Å². The first-order chi connectivity index (χ1) is 6.74. The predicted octanol–water partition coefficient (Wildman–Crippen LogP) is 1.04. The van der Waals surface area contributed by atoms with Crippen LogP contribution in [0.25, 0.3) is 10.9 Å². The third-order valence-corrected chi connectivity index (χ3v) is 2.24. The van der Waals surface area contributed by atoms with Gasteiger partial charge in [-0.05, 0) is 12.1 Å². The van der Waals surface area contributed by atoms with Crippen molar-refractivity contribution in [2.24, 2.45) is 12.8 Å². The van der Waals surface area contributed by atoms with Crippen LogP contribution in [0.1, 0.15) is 5.56 Å². The van der Waals surface area contributed by atoms with E-state index in [1.807, 2.05) is 25.4 Å². The number of hydrogen-bond acceptors (Lipinski definition) is 3. The van der Waals surface area contributed by atoms with E-state index < -0.39 is 0 Å². The highest BCUT2D eigenvalue weighted by molar-refractivity contribution is 5.81. The molecule has 0 atom stereocenters. The third-order valence-electron chi connectivity index (χ3n) is 2.24. The number of aromatic nitrogens is 2. The topological polar surface area (TPSA) is 53.1 Å². The zero-order valence-corrected chi connectivity index (χ0v) is 8.32. The molecule has 0 fully saturated rings. The first-order valence-corrected chi connectivity index (χ1v) is 4.45. The van der Waals surface area contributed by atoms with E-state index in [2.05, 4.69) is 5.10 Å². The van der Waals surface area contributed by atoms with E-state index in [4.69, 9.17) is 10.5 Å². The Labute approximate surface area is 82.3 Å². The zero-order chi connectivity index (χ0) is 10.1. The molecule has 1 heterocycles. The monoisotopic (exact) mass is 191 g/mol. The van der Waals surface area contributed by atoms with Gasteiger partial charge in [-0.25, -0.2) is 0 Å². The number of nitrogens with two attached hydrogens (primary N) is 1. The van der Waals surface area contributed by atoms with Crippen molar-refractivity contribution in [1.82, 2.24) is 9.78 Å². The van der Waals surface area contributed by atoms with E-state index in [-0.39, 0.29) is 0 Å². The highest BCUT2D eigenvalue weighted by atomic mass is 16.5. The number of rotatable bonds is 2. The summed E-state index contributed by atoms with van der Waals surface area (Å²) in [5.41, 5.74) is 7.55. The summed E-state index contributed by atoms with van der Waals surface area (Å²) in [7, 11) is 3.55. The molecule has 4 heteroatoms. The number of fused-ring (bicyclic) bond motifs is 1. The Bertz CT molecular complexity index is 421. The molecule has 74 valence electrons. The molecule has 4 nitrogen and oxygen atoms in total. The van der Waals surface area contributed by atoms with E-state index in [1.165, 1.54) is 0 Å². The quantitative estimate of drug-likeness (QED) is 0.771. The SMILES string of the molecule is COc1cc2cn(C)nc2cc1CN. The van der Waals surface area contributed by atoms with Crippen LogP contribution in [0.4, 0.5) is 0 Å². The molecule has 0 amide bonds. The number of ether oxygens (including phenoxy) is 1. The van der Waals surface area contributed by atoms with Crippen LogP contribution in [0.2, 0.25) is 0 Å². The molecule has 0 aliphatic heterocycles. The lowest BCUT2D eigenvalue weighted by molar-refractivity contribution is 0.410. The van der Waals surface area contributed by atoms with Crippen LogP contribution in [0.5, 0.6) is 5.75 Å². The summed E-state index contributed by atoms with van der Waals surface area (Å²) in [4.78, 5) is 0. The van der Waals surface area contributed by atoms with Crippen LogP contribution >= 0.6 is 0 Å². The third kappa shape index (κ3) is 1.33. The van der Waals surface area contributed by atoms with Crippen molar-refractivity contribution >= 4 is 10.9 Å². The first kappa shape index (κ1) is 9.02. The van der Waals surface area contributed by atoms with Gasteiger partial charge in [0.2, 0.25) is 0 Å². The maximum atomic E-state index is 5.61. The summed E-state index contributed by atoms with van der Waals surface area (Å²) in [5, 5.41) is 5.37. The lowest BCUT2D eigenvalue weighted by Gasteiger charge is -2.05. The molecule has 0 radical (unpaired) electrons. The van der Waals surface area contributed by atoms with Crippen LogP contribution in [-0.2, 0) is 13.6 Å². The van der Waals surface area contributed by atoms with Gasteiger partial charge in [0, 0.05) is 30.7 Å². The highest BCUT2D eigenvalue weighted by Gasteiger charge is 2.06. The average Bonchev–Trinajstić information content (AvgIpc) is 2.54. The standard InChI is InChI=1S/C10H13N3O/c1-13-6-8-4-10(14-2)7(5-11)3-9(8)12-13/h3-4,6H,5,11H2,1-2H3. The van der Waals surface area contributed by atoms with Crippen LogP contribution in [-0.4, -0.2) is 16.9 Å². The second kappa shape index (κ2) is 3.31. The normalized spacial score (nSPS) is 10.8. The van der Waals surface area contributed by atoms with E-state index in [9.17, 15) is 0 Å². The van der Waals surface area contributed by atoms with Crippen LogP contribution < -0.4 is 10.5 Å². The Kier molecular flexibility index (Phi) is 2.13.